The lowest BCUT2D eigenvalue weighted by Gasteiger charge is -2.21. The van der Waals surface area contributed by atoms with E-state index in [2.05, 4.69) is 28.0 Å². The smallest absolute Gasteiger partial charge is 0.0494 e. The third kappa shape index (κ3) is 1.13. The maximum absolute atomic E-state index is 4.45. The van der Waals surface area contributed by atoms with Crippen molar-refractivity contribution in [2.24, 2.45) is 10.9 Å². The van der Waals surface area contributed by atoms with E-state index in [1.54, 1.807) is 0 Å². The summed E-state index contributed by atoms with van der Waals surface area (Å²) in [5, 5.41) is 0. The number of rotatable bonds is 0. The van der Waals surface area contributed by atoms with Gasteiger partial charge < -0.3 is 5.43 Å². The summed E-state index contributed by atoms with van der Waals surface area (Å²) in [6, 6.07) is 0. The first-order chi connectivity index (χ1) is 6.95. The molecule has 3 heteroatoms. The van der Waals surface area contributed by atoms with E-state index in [0.29, 0.717) is 5.92 Å². The Morgan fingerprint density at radius 3 is 3.36 bits per heavy atom. The van der Waals surface area contributed by atoms with E-state index in [9.17, 15) is 0 Å². The van der Waals surface area contributed by atoms with Crippen LogP contribution in [0.25, 0.3) is 0 Å². The van der Waals surface area contributed by atoms with Gasteiger partial charge in [0.2, 0.25) is 0 Å². The number of hydrogen-bond donors (Lipinski definition) is 2. The van der Waals surface area contributed by atoms with Crippen molar-refractivity contribution in [3.63, 3.8) is 0 Å². The van der Waals surface area contributed by atoms with E-state index in [4.69, 9.17) is 0 Å². The van der Waals surface area contributed by atoms with Gasteiger partial charge in [0.15, 0.2) is 0 Å². The van der Waals surface area contributed by atoms with Gasteiger partial charge in [-0.1, -0.05) is 12.2 Å². The number of nitrogens with one attached hydrogen (secondary N) is 2. The van der Waals surface area contributed by atoms with E-state index < -0.39 is 0 Å². The molecule has 0 aromatic heterocycles. The van der Waals surface area contributed by atoms with Crippen LogP contribution in [0.15, 0.2) is 40.7 Å². The van der Waals surface area contributed by atoms with Crippen LogP contribution in [0.3, 0.4) is 0 Å². The number of aliphatic imine (C=N–C) groups is 1. The zero-order valence-corrected chi connectivity index (χ0v) is 7.96. The summed E-state index contributed by atoms with van der Waals surface area (Å²) < 4.78 is 0. The van der Waals surface area contributed by atoms with Gasteiger partial charge in [-0.05, 0) is 18.9 Å². The van der Waals surface area contributed by atoms with E-state index in [1.165, 1.54) is 23.4 Å². The molecule has 72 valence electrons. The van der Waals surface area contributed by atoms with Crippen molar-refractivity contribution >= 4 is 5.71 Å². The number of nitrogens with zero attached hydrogens (tertiary/aromatic N) is 1. The minimum atomic E-state index is 0.659. The Labute approximate surface area is 83.3 Å². The Hall–Kier alpha value is -1.35. The molecule has 0 bridgehead atoms. The molecule has 0 radical (unpaired) electrons. The maximum Gasteiger partial charge on any atom is 0.0494 e. The van der Waals surface area contributed by atoms with Gasteiger partial charge in [-0.2, -0.15) is 0 Å². The third-order valence-electron chi connectivity index (χ3n) is 3.00. The average molecular weight is 187 g/mol. The summed E-state index contributed by atoms with van der Waals surface area (Å²) in [6.45, 7) is 1.05. The van der Waals surface area contributed by atoms with Crippen LogP contribution in [0.5, 0.6) is 0 Å². The van der Waals surface area contributed by atoms with Crippen LogP contribution >= 0.6 is 0 Å². The summed E-state index contributed by atoms with van der Waals surface area (Å²) >= 11 is 0. The lowest BCUT2D eigenvalue weighted by molar-refractivity contribution is 0.600. The molecule has 0 spiro atoms. The zero-order chi connectivity index (χ0) is 9.38. The fourth-order valence-electron chi connectivity index (χ4n) is 2.26. The van der Waals surface area contributed by atoms with Crippen LogP contribution in [0, 0.1) is 5.92 Å². The Bertz CT molecular complexity index is 374. The van der Waals surface area contributed by atoms with Crippen LogP contribution in [0.4, 0.5) is 0 Å². The monoisotopic (exact) mass is 187 g/mol. The molecule has 3 rings (SSSR count). The lowest BCUT2D eigenvalue weighted by atomic mass is 9.86. The predicted molar refractivity (Wildman–Crippen MR) is 56.6 cm³/mol. The van der Waals surface area contributed by atoms with Crippen molar-refractivity contribution in [1.82, 2.24) is 10.9 Å². The molecule has 14 heavy (non-hydrogen) atoms. The van der Waals surface area contributed by atoms with Crippen molar-refractivity contribution < 1.29 is 0 Å². The van der Waals surface area contributed by atoms with Crippen molar-refractivity contribution in [2.75, 3.05) is 6.54 Å². The minimum absolute atomic E-state index is 0.659. The fourth-order valence-corrected chi connectivity index (χ4v) is 2.26. The fraction of sp³-hybridized carbons (Fsp3) is 0.364. The topological polar surface area (TPSA) is 36.4 Å². The highest BCUT2D eigenvalue weighted by atomic mass is 15.4. The SMILES string of the molecule is C1=CN=C2CCC3CNNC3=C2C=C1. The maximum atomic E-state index is 4.45. The molecular weight excluding hydrogens is 174 g/mol. The highest BCUT2D eigenvalue weighted by Gasteiger charge is 2.29. The molecule has 0 saturated carbocycles. The molecule has 0 aromatic carbocycles. The molecular formula is C11H13N3. The Balaban J connectivity index is 2.11. The van der Waals surface area contributed by atoms with Crippen LogP contribution in [-0.4, -0.2) is 12.3 Å². The molecule has 1 aliphatic carbocycles. The lowest BCUT2D eigenvalue weighted by Crippen LogP contribution is -2.23. The van der Waals surface area contributed by atoms with Crippen molar-refractivity contribution in [3.8, 4) is 0 Å². The second-order valence-corrected chi connectivity index (χ2v) is 3.85. The second-order valence-electron chi connectivity index (χ2n) is 3.85. The average Bonchev–Trinajstić information content (AvgIpc) is 2.55. The highest BCUT2D eigenvalue weighted by Crippen LogP contribution is 2.30. The van der Waals surface area contributed by atoms with E-state index in [-0.39, 0.29) is 0 Å². The van der Waals surface area contributed by atoms with Crippen LogP contribution in [0.2, 0.25) is 0 Å². The molecule has 2 heterocycles. The molecule has 2 aliphatic heterocycles. The van der Waals surface area contributed by atoms with Gasteiger partial charge in [0.1, 0.15) is 0 Å². The van der Waals surface area contributed by atoms with Crippen molar-refractivity contribution in [1.29, 1.82) is 0 Å². The quantitative estimate of drug-likeness (QED) is 0.599. The molecule has 1 saturated heterocycles. The summed E-state index contributed by atoms with van der Waals surface area (Å²) in [7, 11) is 0. The van der Waals surface area contributed by atoms with Gasteiger partial charge in [-0.3, -0.25) is 4.99 Å². The van der Waals surface area contributed by atoms with Gasteiger partial charge in [-0.15, -0.1) is 0 Å². The van der Waals surface area contributed by atoms with Crippen molar-refractivity contribution in [2.45, 2.75) is 12.8 Å². The molecule has 1 atom stereocenters. The van der Waals surface area contributed by atoms with Gasteiger partial charge in [0.25, 0.3) is 0 Å². The largest absolute Gasteiger partial charge is 0.325 e. The zero-order valence-electron chi connectivity index (χ0n) is 7.96. The Morgan fingerprint density at radius 2 is 2.36 bits per heavy atom. The first-order valence-corrected chi connectivity index (χ1v) is 5.08. The predicted octanol–water partition coefficient (Wildman–Crippen LogP) is 1.28. The molecule has 1 fully saturated rings. The highest BCUT2D eigenvalue weighted by molar-refractivity contribution is 6.04. The molecule has 0 amide bonds. The standard InChI is InChI=1S/C11H13N3/c1-2-6-12-10-5-4-8-7-13-14-11(8)9(10)3-1/h1-3,6,8,13-14H,4-5,7H2. The van der Waals surface area contributed by atoms with Crippen LogP contribution in [0.1, 0.15) is 12.8 Å². The molecule has 0 aromatic rings. The number of hydrazine groups is 1. The molecule has 1 unspecified atom stereocenters. The van der Waals surface area contributed by atoms with Crippen LogP contribution < -0.4 is 10.9 Å². The third-order valence-corrected chi connectivity index (χ3v) is 3.00. The summed E-state index contributed by atoms with van der Waals surface area (Å²) in [6.07, 6.45) is 10.4. The number of hydrogen-bond acceptors (Lipinski definition) is 3. The van der Waals surface area contributed by atoms with Crippen LogP contribution in [-0.2, 0) is 0 Å². The van der Waals surface area contributed by atoms with E-state index >= 15 is 0 Å². The van der Waals surface area contributed by atoms with Gasteiger partial charge in [-0.25, -0.2) is 5.43 Å². The summed E-state index contributed by atoms with van der Waals surface area (Å²) in [5.74, 6) is 0.659. The normalized spacial score (nSPS) is 29.1. The molecule has 3 aliphatic rings. The van der Waals surface area contributed by atoms with E-state index in [0.717, 1.165) is 13.0 Å². The molecule has 3 nitrogen and oxygen atoms in total. The molecule has 2 N–H and O–H groups in total. The Morgan fingerprint density at radius 1 is 1.36 bits per heavy atom. The summed E-state index contributed by atoms with van der Waals surface area (Å²) in [5.41, 5.74) is 10.3. The number of allylic oxidation sites excluding steroid dienone is 4. The second kappa shape index (κ2) is 3.10. The van der Waals surface area contributed by atoms with Gasteiger partial charge in [0, 0.05) is 35.6 Å². The minimum Gasteiger partial charge on any atom is -0.325 e. The van der Waals surface area contributed by atoms with Gasteiger partial charge >= 0.3 is 0 Å². The number of fused-ring (bicyclic) bond motifs is 2. The Kier molecular flexibility index (Phi) is 1.77. The van der Waals surface area contributed by atoms with Crippen molar-refractivity contribution in [3.05, 3.63) is 35.7 Å². The van der Waals surface area contributed by atoms with E-state index in [1.807, 2.05) is 12.3 Å². The summed E-state index contributed by atoms with van der Waals surface area (Å²) in [4.78, 5) is 4.45. The van der Waals surface area contributed by atoms with Gasteiger partial charge in [0.05, 0.1) is 0 Å². The first-order valence-electron chi connectivity index (χ1n) is 5.08. The first kappa shape index (κ1) is 8.00.